The normalized spacial score (nSPS) is 6.86. The van der Waals surface area contributed by atoms with Crippen molar-refractivity contribution in [3.8, 4) is 0 Å². The van der Waals surface area contributed by atoms with E-state index < -0.39 is 0 Å². The molecule has 0 spiro atoms. The maximum absolute atomic E-state index is 7.57. The van der Waals surface area contributed by atoms with Crippen LogP contribution in [-0.4, -0.2) is 11.7 Å². The number of aliphatic hydroxyl groups excluding tert-OH is 1. The van der Waals surface area contributed by atoms with E-state index in [0.29, 0.717) is 0 Å². The summed E-state index contributed by atoms with van der Waals surface area (Å²) in [6, 6.07) is 0. The Balaban J connectivity index is 0. The van der Waals surface area contributed by atoms with Crippen LogP contribution in [0.5, 0.6) is 0 Å². The monoisotopic (exact) mass is 104 g/mol. The largest absolute Gasteiger partial charge is 0.397 e. The second kappa shape index (κ2) is 16.7. The highest BCUT2D eigenvalue weighted by atomic mass is 16.2. The van der Waals surface area contributed by atoms with Gasteiger partial charge in [0.15, 0.2) is 0 Å². The predicted octanol–water partition coefficient (Wildman–Crippen LogP) is 1.81. The quantitative estimate of drug-likeness (QED) is 0.538. The van der Waals surface area contributed by atoms with E-state index in [2.05, 4.69) is 13.8 Å². The summed E-state index contributed by atoms with van der Waals surface area (Å²) in [5.41, 5.74) is 0. The van der Waals surface area contributed by atoms with E-state index in [4.69, 9.17) is 5.11 Å². The topological polar surface area (TPSA) is 20.2 Å². The highest BCUT2D eigenvalue weighted by Gasteiger charge is 1.56. The lowest BCUT2D eigenvalue weighted by molar-refractivity contribution is 0.318. The predicted molar refractivity (Wildman–Crippen MR) is 33.3 cm³/mol. The van der Waals surface area contributed by atoms with Crippen molar-refractivity contribution in [2.24, 2.45) is 0 Å². The Hall–Kier alpha value is -0.0400. The van der Waals surface area contributed by atoms with Crippen LogP contribution in [0.3, 0.4) is 0 Å². The SMILES string of the molecule is CCCC.CCO. The van der Waals surface area contributed by atoms with Crippen LogP contribution in [-0.2, 0) is 0 Å². The molecule has 0 saturated carbocycles. The Morgan fingerprint density at radius 1 is 1.00 bits per heavy atom. The minimum absolute atomic E-state index is 0.250. The molecule has 0 atom stereocenters. The fraction of sp³-hybridized carbons (Fsp3) is 1.00. The van der Waals surface area contributed by atoms with Gasteiger partial charge in [0.25, 0.3) is 0 Å². The summed E-state index contributed by atoms with van der Waals surface area (Å²) in [4.78, 5) is 0. The molecule has 0 aliphatic rings. The Morgan fingerprint density at radius 2 is 1.14 bits per heavy atom. The average Bonchev–Trinajstić information content (AvgIpc) is 1.69. The number of hydrogen-bond acceptors (Lipinski definition) is 1. The van der Waals surface area contributed by atoms with E-state index >= 15 is 0 Å². The molecule has 1 N–H and O–H groups in total. The first-order valence-corrected chi connectivity index (χ1v) is 2.94. The van der Waals surface area contributed by atoms with Gasteiger partial charge in [0.05, 0.1) is 0 Å². The molecule has 0 fully saturated rings. The first kappa shape index (κ1) is 10.0. The van der Waals surface area contributed by atoms with Crippen LogP contribution in [0.2, 0.25) is 0 Å². The molecular weight excluding hydrogens is 88.1 g/mol. The van der Waals surface area contributed by atoms with Gasteiger partial charge in [-0.3, -0.25) is 0 Å². The van der Waals surface area contributed by atoms with Crippen molar-refractivity contribution in [2.45, 2.75) is 33.6 Å². The van der Waals surface area contributed by atoms with Gasteiger partial charge in [-0.25, -0.2) is 0 Å². The van der Waals surface area contributed by atoms with Crippen molar-refractivity contribution in [1.82, 2.24) is 0 Å². The van der Waals surface area contributed by atoms with Gasteiger partial charge in [0.2, 0.25) is 0 Å². The second-order valence-electron chi connectivity index (χ2n) is 1.32. The van der Waals surface area contributed by atoms with Crippen molar-refractivity contribution in [3.63, 3.8) is 0 Å². The first-order valence-electron chi connectivity index (χ1n) is 2.94. The summed E-state index contributed by atoms with van der Waals surface area (Å²) in [6.45, 7) is 6.29. The fourth-order valence-corrected chi connectivity index (χ4v) is 0. The summed E-state index contributed by atoms with van der Waals surface area (Å²) in [7, 11) is 0. The Bertz CT molecular complexity index is 11.7. The second-order valence-corrected chi connectivity index (χ2v) is 1.32. The van der Waals surface area contributed by atoms with Gasteiger partial charge in [-0.2, -0.15) is 0 Å². The zero-order valence-corrected chi connectivity index (χ0v) is 5.57. The number of rotatable bonds is 1. The third-order valence-electron chi connectivity index (χ3n) is 0.500. The third-order valence-corrected chi connectivity index (χ3v) is 0.500. The summed E-state index contributed by atoms with van der Waals surface area (Å²) < 4.78 is 0. The number of unbranched alkanes of at least 4 members (excludes halogenated alkanes) is 1. The summed E-state index contributed by atoms with van der Waals surface area (Å²) >= 11 is 0. The molecule has 0 aliphatic carbocycles. The van der Waals surface area contributed by atoms with Gasteiger partial charge in [0.1, 0.15) is 0 Å². The smallest absolute Gasteiger partial charge is 0.0402 e. The highest BCUT2D eigenvalue weighted by Crippen LogP contribution is 1.76. The summed E-state index contributed by atoms with van der Waals surface area (Å²) in [5.74, 6) is 0. The Labute approximate surface area is 46.4 Å². The van der Waals surface area contributed by atoms with Crippen molar-refractivity contribution in [3.05, 3.63) is 0 Å². The lowest BCUT2D eigenvalue weighted by atomic mass is 10.4. The van der Waals surface area contributed by atoms with Gasteiger partial charge in [-0.15, -0.1) is 0 Å². The van der Waals surface area contributed by atoms with Crippen LogP contribution in [0.4, 0.5) is 0 Å². The minimum atomic E-state index is 0.250. The molecule has 7 heavy (non-hydrogen) atoms. The van der Waals surface area contributed by atoms with Crippen molar-refractivity contribution >= 4 is 0 Å². The van der Waals surface area contributed by atoms with Crippen LogP contribution in [0.15, 0.2) is 0 Å². The van der Waals surface area contributed by atoms with Crippen molar-refractivity contribution < 1.29 is 5.11 Å². The van der Waals surface area contributed by atoms with Crippen LogP contribution >= 0.6 is 0 Å². The molecule has 0 amide bonds. The van der Waals surface area contributed by atoms with Gasteiger partial charge in [0, 0.05) is 6.61 Å². The first-order chi connectivity index (χ1) is 3.33. The lowest BCUT2D eigenvalue weighted by Gasteiger charge is -1.68. The number of aliphatic hydroxyl groups is 1. The van der Waals surface area contributed by atoms with E-state index in [-0.39, 0.29) is 6.61 Å². The lowest BCUT2D eigenvalue weighted by Crippen LogP contribution is -1.57. The minimum Gasteiger partial charge on any atom is -0.397 e. The zero-order valence-electron chi connectivity index (χ0n) is 5.57. The molecular formula is C6H16O. The molecule has 1 heteroatoms. The van der Waals surface area contributed by atoms with Crippen LogP contribution in [0.25, 0.3) is 0 Å². The molecule has 0 heterocycles. The summed E-state index contributed by atoms with van der Waals surface area (Å²) in [5, 5.41) is 7.57. The van der Waals surface area contributed by atoms with E-state index in [1.807, 2.05) is 0 Å². The molecule has 0 rings (SSSR count). The molecule has 0 aromatic carbocycles. The average molecular weight is 104 g/mol. The van der Waals surface area contributed by atoms with E-state index in [0.717, 1.165) is 0 Å². The maximum atomic E-state index is 7.57. The molecule has 0 aromatic heterocycles. The fourth-order valence-electron chi connectivity index (χ4n) is 0. The molecule has 0 unspecified atom stereocenters. The maximum Gasteiger partial charge on any atom is 0.0402 e. The van der Waals surface area contributed by atoms with E-state index in [9.17, 15) is 0 Å². The molecule has 0 radical (unpaired) electrons. The van der Waals surface area contributed by atoms with E-state index in [1.54, 1.807) is 6.92 Å². The Kier molecular flexibility index (Phi) is 24.0. The molecule has 0 saturated heterocycles. The third kappa shape index (κ3) is 101. The van der Waals surface area contributed by atoms with Crippen molar-refractivity contribution in [1.29, 1.82) is 0 Å². The summed E-state index contributed by atoms with van der Waals surface area (Å²) in [6.07, 6.45) is 2.64. The molecule has 0 aromatic rings. The van der Waals surface area contributed by atoms with Gasteiger partial charge in [-0.05, 0) is 6.92 Å². The zero-order chi connectivity index (χ0) is 6.12. The van der Waals surface area contributed by atoms with Crippen LogP contribution < -0.4 is 0 Å². The van der Waals surface area contributed by atoms with Gasteiger partial charge >= 0.3 is 0 Å². The Morgan fingerprint density at radius 3 is 1.14 bits per heavy atom. The van der Waals surface area contributed by atoms with Gasteiger partial charge < -0.3 is 5.11 Å². The van der Waals surface area contributed by atoms with E-state index in [1.165, 1.54) is 12.8 Å². The molecule has 0 bridgehead atoms. The van der Waals surface area contributed by atoms with Crippen LogP contribution in [0.1, 0.15) is 33.6 Å². The van der Waals surface area contributed by atoms with Crippen molar-refractivity contribution in [2.75, 3.05) is 6.61 Å². The molecule has 46 valence electrons. The standard InChI is InChI=1S/C4H10.C2H6O/c1-3-4-2;1-2-3/h3-4H2,1-2H3;3H,2H2,1H3. The highest BCUT2D eigenvalue weighted by molar-refractivity contribution is 4.12. The molecule has 1 nitrogen and oxygen atoms in total. The molecule has 0 aliphatic heterocycles. The number of hydrogen-bond donors (Lipinski definition) is 1. The van der Waals surface area contributed by atoms with Gasteiger partial charge in [-0.1, -0.05) is 26.7 Å². The van der Waals surface area contributed by atoms with Crippen LogP contribution in [0, 0.1) is 0 Å².